The lowest BCUT2D eigenvalue weighted by molar-refractivity contribution is -0.125. The number of primary amides is 1. The Kier molecular flexibility index (Phi) is 6.73. The van der Waals surface area contributed by atoms with Crippen molar-refractivity contribution in [2.75, 3.05) is 0 Å². The van der Waals surface area contributed by atoms with Crippen molar-refractivity contribution in [3.05, 3.63) is 35.4 Å². The van der Waals surface area contributed by atoms with Crippen LogP contribution in [-0.2, 0) is 4.79 Å². The van der Waals surface area contributed by atoms with Gasteiger partial charge in [0, 0.05) is 16.5 Å². The van der Waals surface area contributed by atoms with Crippen LogP contribution < -0.4 is 5.73 Å². The number of benzene rings is 1. The molecule has 0 aliphatic carbocycles. The Bertz CT molecular complexity index is 464. The first-order chi connectivity index (χ1) is 8.55. The second-order valence-electron chi connectivity index (χ2n) is 4.74. The first kappa shape index (κ1) is 17.6. The zero-order valence-corrected chi connectivity index (χ0v) is 12.4. The summed E-state index contributed by atoms with van der Waals surface area (Å²) in [6.45, 7) is 5.36. The monoisotopic (exact) mass is 303 g/mol. The molecule has 4 nitrogen and oxygen atoms in total. The van der Waals surface area contributed by atoms with Gasteiger partial charge in [0.25, 0.3) is 10.5 Å². The fraction of sp³-hybridized carbons (Fsp3) is 0.308. The molecular weight excluding hydrogens is 289 g/mol. The van der Waals surface area contributed by atoms with Crippen LogP contribution in [0.5, 0.6) is 0 Å². The van der Waals surface area contributed by atoms with E-state index in [2.05, 4.69) is 0 Å². The molecule has 0 saturated carbocycles. The summed E-state index contributed by atoms with van der Waals surface area (Å²) in [6, 6.07) is 5.92. The average Bonchev–Trinajstić information content (AvgIpc) is 2.28. The average molecular weight is 304 g/mol. The number of nitrogens with two attached hydrogens (primary N) is 1. The van der Waals surface area contributed by atoms with Gasteiger partial charge in [0.15, 0.2) is 0 Å². The van der Waals surface area contributed by atoms with E-state index >= 15 is 0 Å². The number of carbonyl (C=O) groups excluding carboxylic acids is 3. The van der Waals surface area contributed by atoms with Crippen LogP contribution in [0, 0.1) is 5.41 Å². The maximum Gasteiger partial charge on any atom is 0.252 e. The van der Waals surface area contributed by atoms with Crippen molar-refractivity contribution in [2.24, 2.45) is 11.1 Å². The molecule has 1 aromatic carbocycles. The molecule has 0 spiro atoms. The Hall–Kier alpha value is -1.39. The van der Waals surface area contributed by atoms with Crippen LogP contribution in [0.15, 0.2) is 24.3 Å². The molecule has 0 heterocycles. The molecule has 1 rings (SSSR count). The van der Waals surface area contributed by atoms with Crippen molar-refractivity contribution in [2.45, 2.75) is 20.8 Å². The van der Waals surface area contributed by atoms with Crippen LogP contribution in [0.1, 0.15) is 41.5 Å². The van der Waals surface area contributed by atoms with Gasteiger partial charge >= 0.3 is 0 Å². The van der Waals surface area contributed by atoms with Crippen molar-refractivity contribution in [3.8, 4) is 0 Å². The van der Waals surface area contributed by atoms with Crippen molar-refractivity contribution in [1.29, 1.82) is 0 Å². The Morgan fingerprint density at radius 2 is 1.32 bits per heavy atom. The minimum atomic E-state index is -0.602. The van der Waals surface area contributed by atoms with Gasteiger partial charge < -0.3 is 5.73 Å². The van der Waals surface area contributed by atoms with Crippen molar-refractivity contribution < 1.29 is 14.4 Å². The molecule has 0 saturated heterocycles. The Labute approximate surface area is 121 Å². The van der Waals surface area contributed by atoms with Gasteiger partial charge in [-0.15, -0.1) is 0 Å². The largest absolute Gasteiger partial charge is 0.369 e. The van der Waals surface area contributed by atoms with E-state index in [0.29, 0.717) is 0 Å². The van der Waals surface area contributed by atoms with E-state index in [-0.39, 0.29) is 22.4 Å². The minimum Gasteiger partial charge on any atom is -0.369 e. The summed E-state index contributed by atoms with van der Waals surface area (Å²) in [7, 11) is 0. The molecule has 1 aromatic rings. The highest BCUT2D eigenvalue weighted by atomic mass is 35.5. The van der Waals surface area contributed by atoms with Gasteiger partial charge in [0.2, 0.25) is 5.91 Å². The smallest absolute Gasteiger partial charge is 0.252 e. The molecule has 2 N–H and O–H groups in total. The molecule has 104 valence electrons. The van der Waals surface area contributed by atoms with Gasteiger partial charge in [0.1, 0.15) is 0 Å². The number of halogens is 2. The van der Waals surface area contributed by atoms with E-state index in [1.807, 2.05) is 0 Å². The topological polar surface area (TPSA) is 77.2 Å². The van der Waals surface area contributed by atoms with Crippen molar-refractivity contribution in [3.63, 3.8) is 0 Å². The lowest BCUT2D eigenvalue weighted by atomic mass is 9.96. The van der Waals surface area contributed by atoms with Crippen LogP contribution in [-0.4, -0.2) is 16.4 Å². The van der Waals surface area contributed by atoms with Crippen LogP contribution in [0.2, 0.25) is 0 Å². The van der Waals surface area contributed by atoms with Crippen LogP contribution in [0.3, 0.4) is 0 Å². The van der Waals surface area contributed by atoms with Gasteiger partial charge in [-0.3, -0.25) is 14.4 Å². The van der Waals surface area contributed by atoms with Gasteiger partial charge in [-0.2, -0.15) is 0 Å². The van der Waals surface area contributed by atoms with Crippen molar-refractivity contribution >= 4 is 39.6 Å². The van der Waals surface area contributed by atoms with Gasteiger partial charge in [0.05, 0.1) is 0 Å². The Morgan fingerprint density at radius 1 is 1.00 bits per heavy atom. The number of rotatable bonds is 2. The number of carbonyl (C=O) groups is 3. The maximum atomic E-state index is 10.6. The van der Waals surface area contributed by atoms with E-state index in [1.165, 1.54) is 18.2 Å². The highest BCUT2D eigenvalue weighted by Crippen LogP contribution is 2.10. The third-order valence-corrected chi connectivity index (χ3v) is 2.49. The Morgan fingerprint density at radius 3 is 1.53 bits per heavy atom. The lowest BCUT2D eigenvalue weighted by Crippen LogP contribution is -2.27. The summed E-state index contributed by atoms with van der Waals surface area (Å²) in [5, 5.41) is -1.20. The zero-order valence-electron chi connectivity index (χ0n) is 10.9. The van der Waals surface area contributed by atoms with E-state index in [9.17, 15) is 14.4 Å². The minimum absolute atomic E-state index is 0.257. The van der Waals surface area contributed by atoms with E-state index in [4.69, 9.17) is 28.9 Å². The molecular formula is C13H15Cl2NO3. The molecule has 0 radical (unpaired) electrons. The zero-order chi connectivity index (χ0) is 15.2. The van der Waals surface area contributed by atoms with Crippen LogP contribution in [0.25, 0.3) is 0 Å². The van der Waals surface area contributed by atoms with Gasteiger partial charge in [-0.1, -0.05) is 39.0 Å². The summed E-state index contributed by atoms with van der Waals surface area (Å²) >= 11 is 10.4. The first-order valence-corrected chi connectivity index (χ1v) is 6.11. The second kappa shape index (κ2) is 7.26. The van der Waals surface area contributed by atoms with Crippen LogP contribution in [0.4, 0.5) is 0 Å². The molecule has 0 aliphatic heterocycles. The van der Waals surface area contributed by atoms with E-state index in [1.54, 1.807) is 26.8 Å². The number of hydrogen-bond acceptors (Lipinski definition) is 3. The highest BCUT2D eigenvalue weighted by molar-refractivity contribution is 6.69. The first-order valence-electron chi connectivity index (χ1n) is 5.35. The molecule has 1 amide bonds. The Balaban J connectivity index is 0.000000399. The molecule has 0 aromatic heterocycles. The number of amides is 1. The predicted molar refractivity (Wildman–Crippen MR) is 75.5 cm³/mol. The maximum absolute atomic E-state index is 10.6. The quantitative estimate of drug-likeness (QED) is 0.853. The fourth-order valence-corrected chi connectivity index (χ4v) is 0.999. The molecule has 0 aliphatic rings. The number of hydrogen-bond donors (Lipinski definition) is 1. The molecule has 6 heteroatoms. The summed E-state index contributed by atoms with van der Waals surface area (Å²) in [4.78, 5) is 31.5. The second-order valence-corrected chi connectivity index (χ2v) is 5.43. The lowest BCUT2D eigenvalue weighted by Gasteiger charge is -2.10. The normalized spacial score (nSPS) is 10.2. The van der Waals surface area contributed by atoms with Gasteiger partial charge in [-0.25, -0.2) is 0 Å². The van der Waals surface area contributed by atoms with Crippen molar-refractivity contribution in [1.82, 2.24) is 0 Å². The third kappa shape index (κ3) is 6.94. The van der Waals surface area contributed by atoms with E-state index < -0.39 is 10.5 Å². The third-order valence-electron chi connectivity index (χ3n) is 2.06. The van der Waals surface area contributed by atoms with E-state index in [0.717, 1.165) is 0 Å². The molecule has 0 bridgehead atoms. The predicted octanol–water partition coefficient (Wildman–Crippen LogP) is 2.96. The standard InChI is InChI=1S/C8H4Cl2O2.C5H11NO/c9-7(11)5-2-1-3-6(4-5)8(10)12;1-5(2,3)4(6)7/h1-4H;1-3H3,(H2,6,7). The summed E-state index contributed by atoms with van der Waals surface area (Å²) < 4.78 is 0. The summed E-state index contributed by atoms with van der Waals surface area (Å²) in [5.41, 5.74) is 5.10. The molecule has 0 unspecified atom stereocenters. The van der Waals surface area contributed by atoms with Gasteiger partial charge in [-0.05, 0) is 29.3 Å². The molecule has 0 atom stereocenters. The highest BCUT2D eigenvalue weighted by Gasteiger charge is 2.16. The fourth-order valence-electron chi connectivity index (χ4n) is 0.764. The molecule has 19 heavy (non-hydrogen) atoms. The SMILES string of the molecule is CC(C)(C)C(N)=O.O=C(Cl)c1cccc(C(=O)Cl)c1. The van der Waals surface area contributed by atoms with Crippen LogP contribution >= 0.6 is 23.2 Å². The molecule has 0 fully saturated rings. The summed E-state index contributed by atoms with van der Waals surface area (Å²) in [5.74, 6) is -0.257. The summed E-state index contributed by atoms with van der Waals surface area (Å²) in [6.07, 6.45) is 0.